The summed E-state index contributed by atoms with van der Waals surface area (Å²) in [6.07, 6.45) is -0.790. The van der Waals surface area contributed by atoms with Crippen LogP contribution < -0.4 is 0 Å². The fourth-order valence-electron chi connectivity index (χ4n) is 1.06. The third-order valence-electron chi connectivity index (χ3n) is 2.21. The van der Waals surface area contributed by atoms with Crippen LogP contribution in [0.25, 0.3) is 0 Å². The number of nitro groups is 1. The maximum atomic E-state index is 13.5. The van der Waals surface area contributed by atoms with E-state index in [0.29, 0.717) is 6.07 Å². The minimum atomic E-state index is -1.25. The molecule has 1 N–H and O–H groups in total. The average Bonchev–Trinajstić information content (AvgIpc) is 2.24. The van der Waals surface area contributed by atoms with Crippen LogP contribution >= 0.6 is 11.8 Å². The SMILES string of the molecule is CC(O)C(C)Sc1c([N+](=O)[O-])ccc(F)c1F. The van der Waals surface area contributed by atoms with E-state index in [1.807, 2.05) is 0 Å². The molecule has 0 radical (unpaired) electrons. The summed E-state index contributed by atoms with van der Waals surface area (Å²) in [7, 11) is 0. The Bertz CT molecular complexity index is 440. The first-order valence-electron chi connectivity index (χ1n) is 4.81. The lowest BCUT2D eigenvalue weighted by Gasteiger charge is -2.14. The summed E-state index contributed by atoms with van der Waals surface area (Å²) in [6, 6.07) is 1.63. The number of aliphatic hydroxyl groups excluding tert-OH is 1. The fraction of sp³-hybridized carbons (Fsp3) is 0.400. The van der Waals surface area contributed by atoms with Gasteiger partial charge in [-0.15, -0.1) is 11.8 Å². The number of rotatable bonds is 4. The summed E-state index contributed by atoms with van der Waals surface area (Å²) in [5.74, 6) is -2.40. The molecule has 17 heavy (non-hydrogen) atoms. The Labute approximate surface area is 101 Å². The van der Waals surface area contributed by atoms with Crippen LogP contribution in [0.4, 0.5) is 14.5 Å². The summed E-state index contributed by atoms with van der Waals surface area (Å²) in [6.45, 7) is 3.05. The van der Waals surface area contributed by atoms with Crippen LogP contribution in [-0.4, -0.2) is 21.4 Å². The van der Waals surface area contributed by atoms with Crippen molar-refractivity contribution in [1.82, 2.24) is 0 Å². The fourth-order valence-corrected chi connectivity index (χ4v) is 2.10. The molecule has 2 unspecified atom stereocenters. The summed E-state index contributed by atoms with van der Waals surface area (Å²) >= 11 is 0.741. The molecule has 0 saturated carbocycles. The van der Waals surface area contributed by atoms with Gasteiger partial charge in [0, 0.05) is 11.3 Å². The highest BCUT2D eigenvalue weighted by molar-refractivity contribution is 8.00. The summed E-state index contributed by atoms with van der Waals surface area (Å²) in [5.41, 5.74) is -0.499. The smallest absolute Gasteiger partial charge is 0.286 e. The topological polar surface area (TPSA) is 63.4 Å². The Kier molecular flexibility index (Phi) is 4.41. The van der Waals surface area contributed by atoms with Gasteiger partial charge in [-0.05, 0) is 13.0 Å². The number of benzene rings is 1. The molecule has 0 bridgehead atoms. The zero-order valence-electron chi connectivity index (χ0n) is 9.18. The van der Waals surface area contributed by atoms with Gasteiger partial charge in [0.15, 0.2) is 11.6 Å². The van der Waals surface area contributed by atoms with Gasteiger partial charge in [-0.1, -0.05) is 6.92 Å². The van der Waals surface area contributed by atoms with Gasteiger partial charge in [-0.3, -0.25) is 10.1 Å². The first kappa shape index (κ1) is 13.9. The number of aliphatic hydroxyl groups is 1. The van der Waals surface area contributed by atoms with Gasteiger partial charge >= 0.3 is 0 Å². The summed E-state index contributed by atoms with van der Waals surface area (Å²) < 4.78 is 26.5. The second-order valence-electron chi connectivity index (χ2n) is 3.53. The van der Waals surface area contributed by atoms with Gasteiger partial charge in [0.1, 0.15) is 4.90 Å². The minimum Gasteiger partial charge on any atom is -0.392 e. The normalized spacial score (nSPS) is 14.4. The van der Waals surface area contributed by atoms with Crippen LogP contribution in [0.1, 0.15) is 13.8 Å². The van der Waals surface area contributed by atoms with Crippen LogP contribution in [0.2, 0.25) is 0 Å². The second-order valence-corrected chi connectivity index (χ2v) is 4.92. The quantitative estimate of drug-likeness (QED) is 0.515. The van der Waals surface area contributed by atoms with E-state index in [2.05, 4.69) is 0 Å². The maximum absolute atomic E-state index is 13.5. The first-order valence-corrected chi connectivity index (χ1v) is 5.69. The van der Waals surface area contributed by atoms with Crippen molar-refractivity contribution in [1.29, 1.82) is 0 Å². The van der Waals surface area contributed by atoms with Crippen LogP contribution in [0, 0.1) is 21.7 Å². The molecule has 0 fully saturated rings. The van der Waals surface area contributed by atoms with Crippen molar-refractivity contribution in [2.45, 2.75) is 30.1 Å². The first-order chi connectivity index (χ1) is 7.84. The summed E-state index contributed by atoms with van der Waals surface area (Å²) in [4.78, 5) is 9.51. The zero-order chi connectivity index (χ0) is 13.2. The van der Waals surface area contributed by atoms with Crippen LogP contribution in [0.15, 0.2) is 17.0 Å². The molecule has 94 valence electrons. The van der Waals surface area contributed by atoms with Gasteiger partial charge in [0.25, 0.3) is 5.69 Å². The van der Waals surface area contributed by atoms with Gasteiger partial charge in [0.05, 0.1) is 11.0 Å². The van der Waals surface area contributed by atoms with Crippen molar-refractivity contribution < 1.29 is 18.8 Å². The Morgan fingerprint density at radius 2 is 2.00 bits per heavy atom. The number of hydrogen-bond acceptors (Lipinski definition) is 4. The lowest BCUT2D eigenvalue weighted by atomic mass is 10.3. The Balaban J connectivity index is 3.19. The monoisotopic (exact) mass is 263 g/mol. The Morgan fingerprint density at radius 1 is 1.41 bits per heavy atom. The highest BCUT2D eigenvalue weighted by atomic mass is 32.2. The van der Waals surface area contributed by atoms with Crippen molar-refractivity contribution in [3.63, 3.8) is 0 Å². The van der Waals surface area contributed by atoms with Gasteiger partial charge < -0.3 is 5.11 Å². The molecule has 1 rings (SSSR count). The molecule has 1 aromatic rings. The van der Waals surface area contributed by atoms with Crippen molar-refractivity contribution in [2.75, 3.05) is 0 Å². The minimum absolute atomic E-state index is 0.386. The summed E-state index contributed by atoms with van der Waals surface area (Å²) in [5, 5.41) is 19.5. The zero-order valence-corrected chi connectivity index (χ0v) is 10.0. The van der Waals surface area contributed by atoms with Crippen LogP contribution in [0.5, 0.6) is 0 Å². The van der Waals surface area contributed by atoms with Crippen molar-refractivity contribution in [2.24, 2.45) is 0 Å². The van der Waals surface area contributed by atoms with E-state index >= 15 is 0 Å². The van der Waals surface area contributed by atoms with Crippen molar-refractivity contribution >= 4 is 17.4 Å². The van der Waals surface area contributed by atoms with Crippen LogP contribution in [0.3, 0.4) is 0 Å². The molecule has 0 aromatic heterocycles. The molecule has 0 amide bonds. The molecule has 0 aliphatic carbocycles. The predicted octanol–water partition coefficient (Wildman–Crippen LogP) is 2.73. The highest BCUT2D eigenvalue weighted by Crippen LogP contribution is 2.36. The number of thioether (sulfide) groups is 1. The number of nitrogens with zero attached hydrogens (tertiary/aromatic N) is 1. The molecule has 0 aliphatic rings. The molecular formula is C10H11F2NO3S. The average molecular weight is 263 g/mol. The number of hydrogen-bond donors (Lipinski definition) is 1. The lowest BCUT2D eigenvalue weighted by molar-refractivity contribution is -0.388. The van der Waals surface area contributed by atoms with Gasteiger partial charge in [-0.2, -0.15) is 0 Å². The lowest BCUT2D eigenvalue weighted by Crippen LogP contribution is -2.15. The molecule has 0 saturated heterocycles. The van der Waals surface area contributed by atoms with E-state index in [1.165, 1.54) is 6.92 Å². The highest BCUT2D eigenvalue weighted by Gasteiger charge is 2.25. The molecule has 0 heterocycles. The molecule has 4 nitrogen and oxygen atoms in total. The van der Waals surface area contributed by atoms with E-state index in [0.717, 1.165) is 17.8 Å². The van der Waals surface area contributed by atoms with Crippen molar-refractivity contribution in [3.8, 4) is 0 Å². The predicted molar refractivity (Wildman–Crippen MR) is 60.0 cm³/mol. The maximum Gasteiger partial charge on any atom is 0.286 e. The molecule has 0 aliphatic heterocycles. The molecular weight excluding hydrogens is 252 g/mol. The third-order valence-corrected chi connectivity index (χ3v) is 3.60. The standard InChI is InChI=1S/C10H11F2NO3S/c1-5(14)6(2)17-10-8(13(15)16)4-3-7(11)9(10)12/h3-6,14H,1-2H3. The molecule has 0 spiro atoms. The molecule has 7 heteroatoms. The number of nitro benzene ring substituents is 1. The second kappa shape index (κ2) is 5.42. The number of halogens is 2. The van der Waals surface area contributed by atoms with E-state index in [-0.39, 0.29) is 4.90 Å². The van der Waals surface area contributed by atoms with Crippen molar-refractivity contribution in [3.05, 3.63) is 33.9 Å². The van der Waals surface area contributed by atoms with Gasteiger partial charge in [0.2, 0.25) is 0 Å². The Hall–Kier alpha value is -1.21. The third kappa shape index (κ3) is 3.13. The molecule has 2 atom stereocenters. The van der Waals surface area contributed by atoms with E-state index in [9.17, 15) is 24.0 Å². The van der Waals surface area contributed by atoms with E-state index in [4.69, 9.17) is 0 Å². The molecule has 1 aromatic carbocycles. The van der Waals surface area contributed by atoms with E-state index < -0.39 is 33.6 Å². The Morgan fingerprint density at radius 3 is 2.47 bits per heavy atom. The van der Waals surface area contributed by atoms with E-state index in [1.54, 1.807) is 6.92 Å². The van der Waals surface area contributed by atoms with Crippen LogP contribution in [-0.2, 0) is 0 Å². The van der Waals surface area contributed by atoms with Gasteiger partial charge in [-0.25, -0.2) is 8.78 Å². The largest absolute Gasteiger partial charge is 0.392 e.